The average Bonchev–Trinajstić information content (AvgIpc) is 3.11. The molecule has 0 saturated heterocycles. The first-order valence-electron chi connectivity index (χ1n) is 7.89. The van der Waals surface area contributed by atoms with Crippen molar-refractivity contribution in [3.63, 3.8) is 0 Å². The minimum atomic E-state index is -3.75. The number of amides is 1. The van der Waals surface area contributed by atoms with Gasteiger partial charge in [-0.15, -0.1) is 11.3 Å². The second kappa shape index (κ2) is 8.30. The lowest BCUT2D eigenvalue weighted by Gasteiger charge is -2.16. The molecule has 0 aliphatic rings. The van der Waals surface area contributed by atoms with Gasteiger partial charge in [0.1, 0.15) is 0 Å². The normalized spacial score (nSPS) is 11.5. The van der Waals surface area contributed by atoms with Crippen LogP contribution in [0.1, 0.15) is 0 Å². The van der Waals surface area contributed by atoms with E-state index in [1.807, 2.05) is 35.7 Å². The summed E-state index contributed by atoms with van der Waals surface area (Å²) in [6, 6.07) is 15.9. The van der Waals surface area contributed by atoms with Gasteiger partial charge in [-0.05, 0) is 24.3 Å². The summed E-state index contributed by atoms with van der Waals surface area (Å²) in [5.41, 5.74) is 1.70. The Bertz CT molecular complexity index is 1040. The number of benzene rings is 2. The van der Waals surface area contributed by atoms with Crippen LogP contribution in [-0.2, 0) is 14.8 Å². The van der Waals surface area contributed by atoms with E-state index >= 15 is 0 Å². The lowest BCUT2D eigenvalue weighted by molar-refractivity contribution is -0.116. The number of likely N-dealkylation sites (N-methyl/N-ethyl adjacent to an activating group) is 1. The molecule has 0 spiro atoms. The highest BCUT2D eigenvalue weighted by molar-refractivity contribution is 9.10. The Balaban J connectivity index is 1.65. The van der Waals surface area contributed by atoms with Crippen LogP contribution >= 0.6 is 27.3 Å². The Kier molecular flexibility index (Phi) is 6.05. The van der Waals surface area contributed by atoms with Crippen LogP contribution in [0.2, 0.25) is 0 Å². The quantitative estimate of drug-likeness (QED) is 0.599. The number of thiazole rings is 1. The van der Waals surface area contributed by atoms with E-state index in [-0.39, 0.29) is 11.4 Å². The molecule has 0 bridgehead atoms. The number of carbonyl (C=O) groups is 1. The number of nitrogens with one attached hydrogen (secondary N) is 1. The smallest absolute Gasteiger partial charge is 0.243 e. The van der Waals surface area contributed by atoms with Crippen LogP contribution in [0.3, 0.4) is 0 Å². The summed E-state index contributed by atoms with van der Waals surface area (Å²) < 4.78 is 26.9. The molecule has 3 aromatic rings. The second-order valence-electron chi connectivity index (χ2n) is 5.67. The van der Waals surface area contributed by atoms with Crippen molar-refractivity contribution in [1.29, 1.82) is 0 Å². The van der Waals surface area contributed by atoms with Gasteiger partial charge >= 0.3 is 0 Å². The van der Waals surface area contributed by atoms with Crippen LogP contribution in [0.5, 0.6) is 0 Å². The Hall–Kier alpha value is -2.07. The van der Waals surface area contributed by atoms with Gasteiger partial charge in [0.05, 0.1) is 17.1 Å². The van der Waals surface area contributed by atoms with Crippen LogP contribution in [0.4, 0.5) is 5.13 Å². The predicted octanol–water partition coefficient (Wildman–Crippen LogP) is 3.83. The summed E-state index contributed by atoms with van der Waals surface area (Å²) in [5, 5.41) is 4.92. The van der Waals surface area contributed by atoms with Crippen molar-refractivity contribution in [1.82, 2.24) is 9.29 Å². The third kappa shape index (κ3) is 4.81. The number of rotatable bonds is 6. The van der Waals surface area contributed by atoms with Crippen LogP contribution in [0.15, 0.2) is 69.3 Å². The second-order valence-corrected chi connectivity index (χ2v) is 9.49. The molecule has 1 N–H and O–H groups in total. The van der Waals surface area contributed by atoms with Gasteiger partial charge in [-0.1, -0.05) is 46.3 Å². The number of hydrogen-bond donors (Lipinski definition) is 1. The maximum atomic E-state index is 12.5. The number of nitrogens with zero attached hydrogens (tertiary/aromatic N) is 2. The molecular weight excluding hydrogens is 450 g/mol. The third-order valence-corrected chi connectivity index (χ3v) is 6.81. The molecule has 1 amide bonds. The van der Waals surface area contributed by atoms with Crippen molar-refractivity contribution in [2.75, 3.05) is 18.9 Å². The SMILES string of the molecule is CN(CC(=O)Nc1nc(-c2ccccc2)cs1)S(=O)(=O)c1ccc(Br)cc1. The number of hydrogen-bond acceptors (Lipinski definition) is 5. The highest BCUT2D eigenvalue weighted by atomic mass is 79.9. The predicted molar refractivity (Wildman–Crippen MR) is 110 cm³/mol. The molecule has 0 fully saturated rings. The Morgan fingerprint density at radius 3 is 2.48 bits per heavy atom. The zero-order valence-corrected chi connectivity index (χ0v) is 17.5. The van der Waals surface area contributed by atoms with Crippen molar-refractivity contribution in [3.8, 4) is 11.3 Å². The fourth-order valence-electron chi connectivity index (χ4n) is 2.31. The summed E-state index contributed by atoms with van der Waals surface area (Å²) in [4.78, 5) is 16.7. The van der Waals surface area contributed by atoms with E-state index in [2.05, 4.69) is 26.2 Å². The van der Waals surface area contributed by atoms with Crippen LogP contribution in [-0.4, -0.2) is 37.2 Å². The van der Waals surface area contributed by atoms with E-state index in [1.54, 1.807) is 12.1 Å². The molecule has 1 heterocycles. The Morgan fingerprint density at radius 2 is 1.81 bits per heavy atom. The fourth-order valence-corrected chi connectivity index (χ4v) is 4.43. The van der Waals surface area contributed by atoms with E-state index in [1.165, 1.54) is 30.5 Å². The number of sulfonamides is 1. The van der Waals surface area contributed by atoms with Gasteiger partial charge < -0.3 is 5.32 Å². The van der Waals surface area contributed by atoms with Gasteiger partial charge in [-0.2, -0.15) is 4.31 Å². The molecule has 3 rings (SSSR count). The van der Waals surface area contributed by atoms with Crippen LogP contribution < -0.4 is 5.32 Å². The molecule has 6 nitrogen and oxygen atoms in total. The standard InChI is InChI=1S/C18H16BrN3O3S2/c1-22(27(24,25)15-9-7-14(19)8-10-15)11-17(23)21-18-20-16(12-26-18)13-5-3-2-4-6-13/h2-10,12H,11H2,1H3,(H,20,21,23). The van der Waals surface area contributed by atoms with Gasteiger partial charge in [-0.25, -0.2) is 13.4 Å². The zero-order valence-electron chi connectivity index (χ0n) is 14.3. The van der Waals surface area contributed by atoms with E-state index in [0.717, 1.165) is 20.0 Å². The molecular formula is C18H16BrN3O3S2. The molecule has 2 aromatic carbocycles. The first-order valence-corrected chi connectivity index (χ1v) is 11.0. The summed E-state index contributed by atoms with van der Waals surface area (Å²) in [6.07, 6.45) is 0. The van der Waals surface area contributed by atoms with E-state index in [4.69, 9.17) is 0 Å². The highest BCUT2D eigenvalue weighted by Crippen LogP contribution is 2.24. The maximum Gasteiger partial charge on any atom is 0.243 e. The van der Waals surface area contributed by atoms with Gasteiger partial charge in [0, 0.05) is 22.5 Å². The molecule has 9 heteroatoms. The van der Waals surface area contributed by atoms with E-state index in [9.17, 15) is 13.2 Å². The van der Waals surface area contributed by atoms with Crippen molar-refractivity contribution in [3.05, 3.63) is 64.5 Å². The van der Waals surface area contributed by atoms with Crippen LogP contribution in [0, 0.1) is 0 Å². The Morgan fingerprint density at radius 1 is 1.15 bits per heavy atom. The first-order chi connectivity index (χ1) is 12.9. The maximum absolute atomic E-state index is 12.5. The average molecular weight is 466 g/mol. The van der Waals surface area contributed by atoms with Gasteiger partial charge in [0.2, 0.25) is 15.9 Å². The highest BCUT2D eigenvalue weighted by Gasteiger charge is 2.23. The van der Waals surface area contributed by atoms with Crippen LogP contribution in [0.25, 0.3) is 11.3 Å². The Labute approximate surface area is 170 Å². The number of aromatic nitrogens is 1. The number of carbonyl (C=O) groups excluding carboxylic acids is 1. The van der Waals surface area contributed by atoms with Crippen molar-refractivity contribution < 1.29 is 13.2 Å². The summed E-state index contributed by atoms with van der Waals surface area (Å²) in [5.74, 6) is -0.452. The summed E-state index contributed by atoms with van der Waals surface area (Å²) in [6.45, 7) is -0.307. The lowest BCUT2D eigenvalue weighted by atomic mass is 10.2. The molecule has 0 saturated carbocycles. The zero-order chi connectivity index (χ0) is 19.4. The molecule has 0 atom stereocenters. The van der Waals surface area contributed by atoms with E-state index in [0.29, 0.717) is 5.13 Å². The molecule has 1 aromatic heterocycles. The molecule has 140 valence electrons. The number of anilines is 1. The van der Waals surface area contributed by atoms with Gasteiger partial charge in [0.25, 0.3) is 0 Å². The first kappa shape index (κ1) is 19.7. The summed E-state index contributed by atoms with van der Waals surface area (Å²) in [7, 11) is -2.38. The fraction of sp³-hybridized carbons (Fsp3) is 0.111. The molecule has 0 unspecified atom stereocenters. The number of halogens is 1. The van der Waals surface area contributed by atoms with E-state index < -0.39 is 15.9 Å². The third-order valence-electron chi connectivity index (χ3n) is 3.71. The van der Waals surface area contributed by atoms with Crippen molar-refractivity contribution in [2.24, 2.45) is 0 Å². The monoisotopic (exact) mass is 465 g/mol. The summed E-state index contributed by atoms with van der Waals surface area (Å²) >= 11 is 4.56. The minimum Gasteiger partial charge on any atom is -0.301 e. The van der Waals surface area contributed by atoms with Crippen molar-refractivity contribution >= 4 is 48.3 Å². The van der Waals surface area contributed by atoms with Gasteiger partial charge in [0.15, 0.2) is 5.13 Å². The minimum absolute atomic E-state index is 0.126. The molecule has 0 aliphatic carbocycles. The lowest BCUT2D eigenvalue weighted by Crippen LogP contribution is -2.34. The largest absolute Gasteiger partial charge is 0.301 e. The van der Waals surface area contributed by atoms with Crippen molar-refractivity contribution in [2.45, 2.75) is 4.90 Å². The molecule has 0 aliphatic heterocycles. The topological polar surface area (TPSA) is 79.4 Å². The molecule has 0 radical (unpaired) electrons. The van der Waals surface area contributed by atoms with Gasteiger partial charge in [-0.3, -0.25) is 4.79 Å². The molecule has 27 heavy (non-hydrogen) atoms.